The van der Waals surface area contributed by atoms with Crippen LogP contribution in [-0.4, -0.2) is 5.38 Å². The highest BCUT2D eigenvalue weighted by molar-refractivity contribution is 9.10. The second-order valence-corrected chi connectivity index (χ2v) is 6.33. The molecular formula is C14H17BrClF. The van der Waals surface area contributed by atoms with Gasteiger partial charge < -0.3 is 0 Å². The maximum atomic E-state index is 13.7. The molecule has 2 atom stereocenters. The van der Waals surface area contributed by atoms with E-state index < -0.39 is 0 Å². The lowest BCUT2D eigenvalue weighted by atomic mass is 9.92. The van der Waals surface area contributed by atoms with Crippen molar-refractivity contribution in [1.29, 1.82) is 0 Å². The molecule has 1 aliphatic rings. The summed E-state index contributed by atoms with van der Waals surface area (Å²) < 4.78 is 14.6. The Morgan fingerprint density at radius 3 is 2.82 bits per heavy atom. The molecule has 1 aliphatic carbocycles. The van der Waals surface area contributed by atoms with Crippen molar-refractivity contribution in [2.24, 2.45) is 5.92 Å². The lowest BCUT2D eigenvalue weighted by molar-refractivity contribution is 0.454. The van der Waals surface area contributed by atoms with Gasteiger partial charge in [0.1, 0.15) is 5.82 Å². The zero-order chi connectivity index (χ0) is 12.3. The van der Waals surface area contributed by atoms with Gasteiger partial charge in [0.05, 0.1) is 0 Å². The average molecular weight is 320 g/mol. The van der Waals surface area contributed by atoms with Gasteiger partial charge >= 0.3 is 0 Å². The molecule has 2 rings (SSSR count). The minimum Gasteiger partial charge on any atom is -0.207 e. The van der Waals surface area contributed by atoms with Crippen molar-refractivity contribution in [3.8, 4) is 0 Å². The smallest absolute Gasteiger partial charge is 0.126 e. The van der Waals surface area contributed by atoms with Gasteiger partial charge in [-0.1, -0.05) is 35.2 Å². The quantitative estimate of drug-likeness (QED) is 0.511. The van der Waals surface area contributed by atoms with Gasteiger partial charge in [-0.05, 0) is 48.9 Å². The predicted octanol–water partition coefficient (Wildman–Crippen LogP) is 5.32. The number of hydrogen-bond donors (Lipinski definition) is 0. The highest BCUT2D eigenvalue weighted by atomic mass is 79.9. The third kappa shape index (κ3) is 3.69. The Kier molecular flexibility index (Phi) is 4.87. The molecule has 1 aromatic rings. The van der Waals surface area contributed by atoms with Crippen LogP contribution in [0.15, 0.2) is 22.7 Å². The molecule has 0 aliphatic heterocycles. The Morgan fingerprint density at radius 1 is 1.24 bits per heavy atom. The van der Waals surface area contributed by atoms with Crippen molar-refractivity contribution in [3.63, 3.8) is 0 Å². The van der Waals surface area contributed by atoms with E-state index in [1.54, 1.807) is 6.07 Å². The van der Waals surface area contributed by atoms with Crippen molar-refractivity contribution in [3.05, 3.63) is 34.1 Å². The summed E-state index contributed by atoms with van der Waals surface area (Å²) in [6.07, 6.45) is 6.66. The SMILES string of the molecule is Fc1ccc(Br)cc1CC1CCCCCC1Cl. The molecule has 0 N–H and O–H groups in total. The average Bonchev–Trinajstić information content (AvgIpc) is 2.50. The molecule has 94 valence electrons. The molecule has 1 fully saturated rings. The van der Waals surface area contributed by atoms with E-state index in [0.29, 0.717) is 5.92 Å². The first-order valence-electron chi connectivity index (χ1n) is 6.25. The lowest BCUT2D eigenvalue weighted by Crippen LogP contribution is -2.16. The predicted molar refractivity (Wildman–Crippen MR) is 74.0 cm³/mol. The molecule has 0 spiro atoms. The molecule has 3 heteroatoms. The van der Waals surface area contributed by atoms with Crippen LogP contribution in [0, 0.1) is 11.7 Å². The minimum atomic E-state index is -0.110. The molecule has 17 heavy (non-hydrogen) atoms. The number of hydrogen-bond acceptors (Lipinski definition) is 0. The molecule has 0 saturated heterocycles. The Balaban J connectivity index is 2.10. The summed E-state index contributed by atoms with van der Waals surface area (Å²) in [6.45, 7) is 0. The molecular weight excluding hydrogens is 303 g/mol. The van der Waals surface area contributed by atoms with E-state index >= 15 is 0 Å². The summed E-state index contributed by atoms with van der Waals surface area (Å²) in [5, 5.41) is 0.205. The largest absolute Gasteiger partial charge is 0.207 e. The van der Waals surface area contributed by atoms with Crippen LogP contribution in [0.25, 0.3) is 0 Å². The summed E-state index contributed by atoms with van der Waals surface area (Å²) in [7, 11) is 0. The van der Waals surface area contributed by atoms with Gasteiger partial charge in [-0.15, -0.1) is 11.6 Å². The van der Waals surface area contributed by atoms with Crippen molar-refractivity contribution >= 4 is 27.5 Å². The Morgan fingerprint density at radius 2 is 2.00 bits per heavy atom. The molecule has 2 unspecified atom stereocenters. The van der Waals surface area contributed by atoms with Gasteiger partial charge in [0.2, 0.25) is 0 Å². The van der Waals surface area contributed by atoms with Crippen LogP contribution in [0.5, 0.6) is 0 Å². The second-order valence-electron chi connectivity index (χ2n) is 4.85. The van der Waals surface area contributed by atoms with Crippen molar-refractivity contribution < 1.29 is 4.39 Å². The zero-order valence-corrected chi connectivity index (χ0v) is 12.1. The van der Waals surface area contributed by atoms with Gasteiger partial charge in [-0.3, -0.25) is 0 Å². The first-order valence-corrected chi connectivity index (χ1v) is 7.48. The van der Waals surface area contributed by atoms with Crippen LogP contribution in [0.3, 0.4) is 0 Å². The third-order valence-corrected chi connectivity index (χ3v) is 4.62. The number of alkyl halides is 1. The Labute approximate surface area is 116 Å². The summed E-state index contributed by atoms with van der Waals surface area (Å²) in [4.78, 5) is 0. The van der Waals surface area contributed by atoms with Gasteiger partial charge in [-0.25, -0.2) is 4.39 Å². The Bertz CT molecular complexity index is 380. The van der Waals surface area contributed by atoms with E-state index in [0.717, 1.165) is 29.3 Å². The van der Waals surface area contributed by atoms with E-state index in [-0.39, 0.29) is 11.2 Å². The van der Waals surface area contributed by atoms with E-state index in [4.69, 9.17) is 11.6 Å². The molecule has 0 heterocycles. The molecule has 0 bridgehead atoms. The molecule has 0 aromatic heterocycles. The molecule has 0 nitrogen and oxygen atoms in total. The summed E-state index contributed by atoms with van der Waals surface area (Å²) in [5.74, 6) is 0.310. The normalized spacial score (nSPS) is 25.6. The first kappa shape index (κ1) is 13.4. The van der Waals surface area contributed by atoms with Crippen molar-refractivity contribution in [1.82, 2.24) is 0 Å². The number of benzene rings is 1. The highest BCUT2D eigenvalue weighted by Gasteiger charge is 2.23. The van der Waals surface area contributed by atoms with E-state index in [2.05, 4.69) is 15.9 Å². The van der Waals surface area contributed by atoms with Crippen LogP contribution in [0.2, 0.25) is 0 Å². The van der Waals surface area contributed by atoms with Crippen LogP contribution in [0.1, 0.15) is 37.7 Å². The maximum Gasteiger partial charge on any atom is 0.126 e. The van der Waals surface area contributed by atoms with Crippen LogP contribution in [0.4, 0.5) is 4.39 Å². The standard InChI is InChI=1S/C14H17BrClF/c15-12-6-7-14(17)11(9-12)8-10-4-2-1-3-5-13(10)16/h6-7,9-10,13H,1-5,8H2. The van der Waals surface area contributed by atoms with Gasteiger partial charge in [-0.2, -0.15) is 0 Å². The van der Waals surface area contributed by atoms with Crippen molar-refractivity contribution in [2.45, 2.75) is 43.9 Å². The van der Waals surface area contributed by atoms with Crippen LogP contribution < -0.4 is 0 Å². The van der Waals surface area contributed by atoms with E-state index in [9.17, 15) is 4.39 Å². The zero-order valence-electron chi connectivity index (χ0n) is 9.76. The second kappa shape index (κ2) is 6.19. The fourth-order valence-corrected chi connectivity index (χ4v) is 3.33. The fraction of sp³-hybridized carbons (Fsp3) is 0.571. The fourth-order valence-electron chi connectivity index (χ4n) is 2.55. The number of rotatable bonds is 2. The van der Waals surface area contributed by atoms with Gasteiger partial charge in [0.15, 0.2) is 0 Å². The van der Waals surface area contributed by atoms with Gasteiger partial charge in [0, 0.05) is 9.85 Å². The molecule has 0 radical (unpaired) electrons. The summed E-state index contributed by atoms with van der Waals surface area (Å²) in [6, 6.07) is 5.15. The van der Waals surface area contributed by atoms with Crippen molar-refractivity contribution in [2.75, 3.05) is 0 Å². The summed E-state index contributed by atoms with van der Waals surface area (Å²) >= 11 is 9.79. The van der Waals surface area contributed by atoms with Crippen LogP contribution >= 0.6 is 27.5 Å². The highest BCUT2D eigenvalue weighted by Crippen LogP contribution is 2.31. The van der Waals surface area contributed by atoms with Crippen LogP contribution in [-0.2, 0) is 6.42 Å². The van der Waals surface area contributed by atoms with Gasteiger partial charge in [0.25, 0.3) is 0 Å². The first-order chi connectivity index (χ1) is 8.16. The third-order valence-electron chi connectivity index (χ3n) is 3.56. The van der Waals surface area contributed by atoms with E-state index in [1.807, 2.05) is 6.07 Å². The van der Waals surface area contributed by atoms with E-state index in [1.165, 1.54) is 25.3 Å². The summed E-state index contributed by atoms with van der Waals surface area (Å²) in [5.41, 5.74) is 0.789. The molecule has 1 saturated carbocycles. The number of halogens is 3. The minimum absolute atomic E-state index is 0.110. The lowest BCUT2D eigenvalue weighted by Gasteiger charge is -2.20. The maximum absolute atomic E-state index is 13.7. The molecule has 0 amide bonds. The molecule has 1 aromatic carbocycles. The topological polar surface area (TPSA) is 0 Å². The Hall–Kier alpha value is -0.0800. The monoisotopic (exact) mass is 318 g/mol.